The Labute approximate surface area is 114 Å². The summed E-state index contributed by atoms with van der Waals surface area (Å²) < 4.78 is 1.18. The van der Waals surface area contributed by atoms with Gasteiger partial charge in [0.25, 0.3) is 0 Å². The number of nitrogens with two attached hydrogens (primary N) is 1. The molecule has 0 saturated heterocycles. The van der Waals surface area contributed by atoms with Gasteiger partial charge in [-0.3, -0.25) is 4.99 Å². The molecule has 92 valence electrons. The van der Waals surface area contributed by atoms with E-state index in [-0.39, 0.29) is 0 Å². The third-order valence-corrected chi connectivity index (χ3v) is 5.24. The van der Waals surface area contributed by atoms with E-state index in [2.05, 4.69) is 37.3 Å². The highest BCUT2D eigenvalue weighted by atomic mass is 79.9. The van der Waals surface area contributed by atoms with Gasteiger partial charge in [0.2, 0.25) is 0 Å². The van der Waals surface area contributed by atoms with Crippen molar-refractivity contribution >= 4 is 33.2 Å². The van der Waals surface area contributed by atoms with E-state index in [4.69, 9.17) is 5.73 Å². The summed E-state index contributed by atoms with van der Waals surface area (Å²) in [7, 11) is 0. The molecule has 2 aliphatic rings. The highest BCUT2D eigenvalue weighted by Gasteiger charge is 2.34. The van der Waals surface area contributed by atoms with Gasteiger partial charge >= 0.3 is 0 Å². The van der Waals surface area contributed by atoms with Gasteiger partial charge in [-0.05, 0) is 45.8 Å². The van der Waals surface area contributed by atoms with Gasteiger partial charge in [0.15, 0.2) is 5.96 Å². The van der Waals surface area contributed by atoms with E-state index in [1.807, 2.05) is 0 Å². The van der Waals surface area contributed by atoms with Crippen molar-refractivity contribution in [3.05, 3.63) is 20.8 Å². The van der Waals surface area contributed by atoms with Gasteiger partial charge in [0.1, 0.15) is 0 Å². The molecule has 1 saturated carbocycles. The molecule has 0 bridgehead atoms. The molecule has 0 radical (unpaired) electrons. The number of nitrogens with zero attached hydrogens (tertiary/aromatic N) is 2. The third kappa shape index (κ3) is 2.10. The molecular weight excluding hydrogens is 298 g/mol. The van der Waals surface area contributed by atoms with Gasteiger partial charge in [-0.15, -0.1) is 11.3 Å². The lowest BCUT2D eigenvalue weighted by Crippen LogP contribution is -2.42. The molecule has 0 aromatic carbocycles. The molecule has 3 nitrogen and oxygen atoms in total. The number of hydrogen-bond acceptors (Lipinski definition) is 4. The first-order valence-electron chi connectivity index (χ1n) is 6.08. The van der Waals surface area contributed by atoms with E-state index in [0.717, 1.165) is 12.5 Å². The Morgan fingerprint density at radius 2 is 2.18 bits per heavy atom. The smallest absolute Gasteiger partial charge is 0.192 e. The average molecular weight is 314 g/mol. The Balaban J connectivity index is 1.85. The largest absolute Gasteiger partial charge is 0.370 e. The highest BCUT2D eigenvalue weighted by Crippen LogP contribution is 2.36. The van der Waals surface area contributed by atoms with E-state index >= 15 is 0 Å². The fraction of sp³-hybridized carbons (Fsp3) is 0.583. The van der Waals surface area contributed by atoms with Gasteiger partial charge in [0, 0.05) is 6.04 Å². The zero-order valence-electron chi connectivity index (χ0n) is 9.60. The fourth-order valence-corrected chi connectivity index (χ4v) is 4.12. The Kier molecular flexibility index (Phi) is 3.13. The molecule has 1 aromatic heterocycles. The number of aliphatic imine (C=N–C) groups is 1. The molecule has 1 aliphatic carbocycles. The van der Waals surface area contributed by atoms with Crippen LogP contribution in [0.4, 0.5) is 0 Å². The minimum absolute atomic E-state index is 0.362. The summed E-state index contributed by atoms with van der Waals surface area (Å²) in [6.07, 6.45) is 5.18. The average Bonchev–Trinajstić information content (AvgIpc) is 2.97. The Bertz CT molecular complexity index is 437. The van der Waals surface area contributed by atoms with Crippen molar-refractivity contribution in [1.29, 1.82) is 0 Å². The number of guanidine groups is 1. The molecule has 0 spiro atoms. The molecule has 1 unspecified atom stereocenters. The molecule has 1 atom stereocenters. The second-order valence-electron chi connectivity index (χ2n) is 4.74. The first-order valence-corrected chi connectivity index (χ1v) is 7.75. The number of rotatable bonds is 2. The van der Waals surface area contributed by atoms with Crippen LogP contribution in [0.15, 0.2) is 20.2 Å². The minimum Gasteiger partial charge on any atom is -0.370 e. The standard InChI is InChI=1S/C12H16BrN3S/c13-11-5-8(7-17-11)10-6-15-12(14)16(10)9-3-1-2-4-9/h5,7,9-10H,1-4,6H2,(H2,14,15). The molecule has 5 heteroatoms. The highest BCUT2D eigenvalue weighted by molar-refractivity contribution is 9.11. The summed E-state index contributed by atoms with van der Waals surface area (Å²) in [6, 6.07) is 3.16. The van der Waals surface area contributed by atoms with Crippen molar-refractivity contribution in [1.82, 2.24) is 4.90 Å². The van der Waals surface area contributed by atoms with Crippen molar-refractivity contribution in [3.63, 3.8) is 0 Å². The van der Waals surface area contributed by atoms with Crippen LogP contribution in [0, 0.1) is 0 Å². The number of halogens is 1. The van der Waals surface area contributed by atoms with Crippen LogP contribution in [-0.4, -0.2) is 23.4 Å². The summed E-state index contributed by atoms with van der Waals surface area (Å²) in [5, 5.41) is 2.21. The van der Waals surface area contributed by atoms with Crippen molar-refractivity contribution < 1.29 is 0 Å². The van der Waals surface area contributed by atoms with Crippen LogP contribution in [0.2, 0.25) is 0 Å². The first kappa shape index (κ1) is 11.5. The molecule has 0 amide bonds. The predicted octanol–water partition coefficient (Wildman–Crippen LogP) is 3.12. The van der Waals surface area contributed by atoms with Gasteiger partial charge in [-0.1, -0.05) is 12.8 Å². The quantitative estimate of drug-likeness (QED) is 0.911. The van der Waals surface area contributed by atoms with Gasteiger partial charge in [0.05, 0.1) is 16.4 Å². The second kappa shape index (κ2) is 4.61. The summed E-state index contributed by atoms with van der Waals surface area (Å²) >= 11 is 5.26. The summed E-state index contributed by atoms with van der Waals surface area (Å²) in [6.45, 7) is 0.811. The maximum absolute atomic E-state index is 6.06. The monoisotopic (exact) mass is 313 g/mol. The zero-order valence-corrected chi connectivity index (χ0v) is 12.0. The van der Waals surface area contributed by atoms with Crippen molar-refractivity contribution in [3.8, 4) is 0 Å². The van der Waals surface area contributed by atoms with Crippen LogP contribution in [0.25, 0.3) is 0 Å². The predicted molar refractivity (Wildman–Crippen MR) is 75.3 cm³/mol. The third-order valence-electron chi connectivity index (χ3n) is 3.72. The van der Waals surface area contributed by atoms with E-state index in [1.54, 1.807) is 11.3 Å². The maximum atomic E-state index is 6.06. The van der Waals surface area contributed by atoms with Gasteiger partial charge < -0.3 is 10.6 Å². The van der Waals surface area contributed by atoms with Crippen molar-refractivity contribution in [2.75, 3.05) is 6.54 Å². The molecule has 2 heterocycles. The van der Waals surface area contributed by atoms with E-state index in [0.29, 0.717) is 12.1 Å². The second-order valence-corrected chi connectivity index (χ2v) is 7.03. The maximum Gasteiger partial charge on any atom is 0.192 e. The van der Waals surface area contributed by atoms with Crippen LogP contribution >= 0.6 is 27.3 Å². The molecule has 1 fully saturated rings. The summed E-state index contributed by atoms with van der Waals surface area (Å²) in [4.78, 5) is 6.79. The topological polar surface area (TPSA) is 41.6 Å². The van der Waals surface area contributed by atoms with Crippen LogP contribution in [-0.2, 0) is 0 Å². The van der Waals surface area contributed by atoms with Gasteiger partial charge in [-0.25, -0.2) is 0 Å². The minimum atomic E-state index is 0.362. The SMILES string of the molecule is NC1=NCC(c2csc(Br)c2)N1C1CCCC1. The van der Waals surface area contributed by atoms with Crippen LogP contribution in [0.1, 0.15) is 37.3 Å². The van der Waals surface area contributed by atoms with E-state index < -0.39 is 0 Å². The first-order chi connectivity index (χ1) is 8.25. The lowest BCUT2D eigenvalue weighted by atomic mass is 10.1. The van der Waals surface area contributed by atoms with Crippen molar-refractivity contribution in [2.45, 2.75) is 37.8 Å². The normalized spacial score (nSPS) is 25.6. The van der Waals surface area contributed by atoms with Crippen molar-refractivity contribution in [2.24, 2.45) is 10.7 Å². The number of hydrogen-bond donors (Lipinski definition) is 1. The molecule has 17 heavy (non-hydrogen) atoms. The van der Waals surface area contributed by atoms with Crippen LogP contribution in [0.3, 0.4) is 0 Å². The van der Waals surface area contributed by atoms with Gasteiger partial charge in [-0.2, -0.15) is 0 Å². The lowest BCUT2D eigenvalue weighted by molar-refractivity contribution is 0.262. The molecule has 1 aliphatic heterocycles. The van der Waals surface area contributed by atoms with Crippen LogP contribution in [0.5, 0.6) is 0 Å². The summed E-state index contributed by atoms with van der Waals surface area (Å²) in [5.41, 5.74) is 7.41. The summed E-state index contributed by atoms with van der Waals surface area (Å²) in [5.74, 6) is 0.740. The Hall–Kier alpha value is -0.550. The van der Waals surface area contributed by atoms with Crippen LogP contribution < -0.4 is 5.73 Å². The van der Waals surface area contributed by atoms with E-state index in [1.165, 1.54) is 35.0 Å². The molecule has 1 aromatic rings. The molecule has 3 rings (SSSR count). The zero-order chi connectivity index (χ0) is 11.8. The molecular formula is C12H16BrN3S. The Morgan fingerprint density at radius 1 is 1.41 bits per heavy atom. The molecule has 2 N–H and O–H groups in total. The fourth-order valence-electron chi connectivity index (χ4n) is 2.90. The number of thiophene rings is 1. The Morgan fingerprint density at radius 3 is 2.82 bits per heavy atom. The lowest BCUT2D eigenvalue weighted by Gasteiger charge is -2.31. The van der Waals surface area contributed by atoms with E-state index in [9.17, 15) is 0 Å².